The van der Waals surface area contributed by atoms with Crippen LogP contribution in [-0.4, -0.2) is 9.97 Å². The summed E-state index contributed by atoms with van der Waals surface area (Å²) in [6.07, 6.45) is 3.58. The quantitative estimate of drug-likeness (QED) is 0.815. The van der Waals surface area contributed by atoms with Gasteiger partial charge in [-0.25, -0.2) is 4.98 Å². The molecule has 0 aromatic carbocycles. The van der Waals surface area contributed by atoms with Crippen molar-refractivity contribution in [1.82, 2.24) is 9.97 Å². The maximum absolute atomic E-state index is 5.55. The minimum atomic E-state index is 0.511. The SMILES string of the molecule is Cc1nc(CN)sc1-c1ccncc1. The summed E-state index contributed by atoms with van der Waals surface area (Å²) in [5.41, 5.74) is 7.75. The monoisotopic (exact) mass is 205 g/mol. The number of pyridine rings is 1. The third-order valence-electron chi connectivity index (χ3n) is 1.96. The highest BCUT2D eigenvalue weighted by Crippen LogP contribution is 2.28. The summed E-state index contributed by atoms with van der Waals surface area (Å²) < 4.78 is 0. The van der Waals surface area contributed by atoms with Crippen molar-refractivity contribution in [2.24, 2.45) is 5.73 Å². The van der Waals surface area contributed by atoms with E-state index in [1.54, 1.807) is 23.7 Å². The Labute approximate surface area is 86.6 Å². The summed E-state index contributed by atoms with van der Waals surface area (Å²) in [6, 6.07) is 3.97. The van der Waals surface area contributed by atoms with Gasteiger partial charge >= 0.3 is 0 Å². The number of aryl methyl sites for hydroxylation is 1. The van der Waals surface area contributed by atoms with Gasteiger partial charge in [-0.15, -0.1) is 11.3 Å². The smallest absolute Gasteiger partial charge is 0.107 e. The number of thiazole rings is 1. The molecule has 14 heavy (non-hydrogen) atoms. The fourth-order valence-corrected chi connectivity index (χ4v) is 2.26. The first kappa shape index (κ1) is 9.30. The van der Waals surface area contributed by atoms with Gasteiger partial charge in [0.05, 0.1) is 10.6 Å². The zero-order valence-corrected chi connectivity index (χ0v) is 8.71. The van der Waals surface area contributed by atoms with E-state index in [9.17, 15) is 0 Å². The van der Waals surface area contributed by atoms with Gasteiger partial charge in [0.1, 0.15) is 5.01 Å². The molecular weight excluding hydrogens is 194 g/mol. The lowest BCUT2D eigenvalue weighted by molar-refractivity contribution is 1.02. The van der Waals surface area contributed by atoms with Crippen molar-refractivity contribution in [2.75, 3.05) is 0 Å². The molecule has 0 spiro atoms. The van der Waals surface area contributed by atoms with Gasteiger partial charge in [-0.3, -0.25) is 4.98 Å². The molecule has 0 atom stereocenters. The van der Waals surface area contributed by atoms with E-state index in [-0.39, 0.29) is 0 Å². The Balaban J connectivity index is 2.46. The fourth-order valence-electron chi connectivity index (χ4n) is 1.31. The molecule has 3 nitrogen and oxygen atoms in total. The Morgan fingerprint density at radius 2 is 2.07 bits per heavy atom. The highest BCUT2D eigenvalue weighted by Gasteiger charge is 2.07. The first-order valence-corrected chi connectivity index (χ1v) is 5.19. The van der Waals surface area contributed by atoms with E-state index in [1.165, 1.54) is 4.88 Å². The van der Waals surface area contributed by atoms with Crippen molar-refractivity contribution in [1.29, 1.82) is 0 Å². The van der Waals surface area contributed by atoms with E-state index in [0.29, 0.717) is 6.54 Å². The average Bonchev–Trinajstić information content (AvgIpc) is 2.61. The Morgan fingerprint density at radius 1 is 1.36 bits per heavy atom. The maximum Gasteiger partial charge on any atom is 0.107 e. The van der Waals surface area contributed by atoms with Crippen LogP contribution in [0, 0.1) is 6.92 Å². The second-order valence-corrected chi connectivity index (χ2v) is 4.05. The van der Waals surface area contributed by atoms with Crippen LogP contribution in [-0.2, 0) is 6.54 Å². The molecule has 0 radical (unpaired) electrons. The zero-order chi connectivity index (χ0) is 9.97. The van der Waals surface area contributed by atoms with Crippen LogP contribution in [0.15, 0.2) is 24.5 Å². The van der Waals surface area contributed by atoms with Crippen molar-refractivity contribution in [2.45, 2.75) is 13.5 Å². The lowest BCUT2D eigenvalue weighted by atomic mass is 10.2. The van der Waals surface area contributed by atoms with Crippen LogP contribution in [0.4, 0.5) is 0 Å². The number of hydrogen-bond donors (Lipinski definition) is 1. The number of aromatic nitrogens is 2. The summed E-state index contributed by atoms with van der Waals surface area (Å²) in [4.78, 5) is 9.55. The van der Waals surface area contributed by atoms with Gasteiger partial charge in [-0.1, -0.05) is 0 Å². The zero-order valence-electron chi connectivity index (χ0n) is 7.90. The molecule has 2 rings (SSSR count). The van der Waals surface area contributed by atoms with Crippen molar-refractivity contribution in [3.63, 3.8) is 0 Å². The molecule has 0 unspecified atom stereocenters. The van der Waals surface area contributed by atoms with Crippen LogP contribution >= 0.6 is 11.3 Å². The van der Waals surface area contributed by atoms with Crippen LogP contribution in [0.2, 0.25) is 0 Å². The molecule has 0 amide bonds. The second-order valence-electron chi connectivity index (χ2n) is 2.96. The summed E-state index contributed by atoms with van der Waals surface area (Å²) in [6.45, 7) is 2.52. The van der Waals surface area contributed by atoms with Crippen LogP contribution in [0.25, 0.3) is 10.4 Å². The number of nitrogens with two attached hydrogens (primary N) is 1. The predicted octanol–water partition coefficient (Wildman–Crippen LogP) is 1.97. The molecule has 0 saturated carbocycles. The highest BCUT2D eigenvalue weighted by atomic mass is 32.1. The van der Waals surface area contributed by atoms with Gasteiger partial charge < -0.3 is 5.73 Å². The molecule has 2 N–H and O–H groups in total. The number of hydrogen-bond acceptors (Lipinski definition) is 4. The van der Waals surface area contributed by atoms with Gasteiger partial charge in [0.2, 0.25) is 0 Å². The molecule has 0 aliphatic rings. The third-order valence-corrected chi connectivity index (χ3v) is 3.19. The molecule has 2 heterocycles. The van der Waals surface area contributed by atoms with Crippen LogP contribution in [0.5, 0.6) is 0 Å². The predicted molar refractivity (Wildman–Crippen MR) is 58.0 cm³/mol. The molecule has 2 aromatic rings. The van der Waals surface area contributed by atoms with Gasteiger partial charge in [-0.05, 0) is 24.6 Å². The topological polar surface area (TPSA) is 51.8 Å². The Morgan fingerprint density at radius 3 is 2.64 bits per heavy atom. The van der Waals surface area contributed by atoms with Crippen LogP contribution < -0.4 is 5.73 Å². The normalized spacial score (nSPS) is 10.4. The van der Waals surface area contributed by atoms with Gasteiger partial charge in [-0.2, -0.15) is 0 Å². The first-order chi connectivity index (χ1) is 6.81. The summed E-state index contributed by atoms with van der Waals surface area (Å²) in [5, 5.41) is 0.981. The largest absolute Gasteiger partial charge is 0.325 e. The second kappa shape index (κ2) is 3.86. The molecule has 4 heteroatoms. The minimum Gasteiger partial charge on any atom is -0.325 e. The molecule has 2 aromatic heterocycles. The van der Waals surface area contributed by atoms with Crippen LogP contribution in [0.3, 0.4) is 0 Å². The Kier molecular flexibility index (Phi) is 2.56. The minimum absolute atomic E-state index is 0.511. The standard InChI is InChI=1S/C10H11N3S/c1-7-10(14-9(6-11)13-7)8-2-4-12-5-3-8/h2-5H,6,11H2,1H3. The lowest BCUT2D eigenvalue weighted by Crippen LogP contribution is -1.94. The van der Waals surface area contributed by atoms with Crippen molar-refractivity contribution >= 4 is 11.3 Å². The Hall–Kier alpha value is -1.26. The van der Waals surface area contributed by atoms with Crippen molar-refractivity contribution in [3.05, 3.63) is 35.2 Å². The number of rotatable bonds is 2. The summed E-state index contributed by atoms with van der Waals surface area (Å²) in [5.74, 6) is 0. The van der Waals surface area contributed by atoms with Gasteiger partial charge in [0.15, 0.2) is 0 Å². The highest BCUT2D eigenvalue weighted by molar-refractivity contribution is 7.15. The summed E-state index contributed by atoms with van der Waals surface area (Å²) in [7, 11) is 0. The molecule has 0 fully saturated rings. The van der Waals surface area contributed by atoms with Crippen molar-refractivity contribution in [3.8, 4) is 10.4 Å². The first-order valence-electron chi connectivity index (χ1n) is 4.38. The van der Waals surface area contributed by atoms with E-state index in [4.69, 9.17) is 5.73 Å². The molecular formula is C10H11N3S. The maximum atomic E-state index is 5.55. The average molecular weight is 205 g/mol. The van der Waals surface area contributed by atoms with E-state index in [1.807, 2.05) is 19.1 Å². The number of nitrogens with zero attached hydrogens (tertiary/aromatic N) is 2. The molecule has 0 saturated heterocycles. The van der Waals surface area contributed by atoms with E-state index >= 15 is 0 Å². The fraction of sp³-hybridized carbons (Fsp3) is 0.200. The molecule has 0 aliphatic carbocycles. The van der Waals surface area contributed by atoms with Gasteiger partial charge in [0, 0.05) is 18.9 Å². The molecule has 72 valence electrons. The van der Waals surface area contributed by atoms with Crippen molar-refractivity contribution < 1.29 is 0 Å². The molecule has 0 bridgehead atoms. The van der Waals surface area contributed by atoms with E-state index < -0.39 is 0 Å². The van der Waals surface area contributed by atoms with E-state index in [2.05, 4.69) is 9.97 Å². The third kappa shape index (κ3) is 1.66. The Bertz CT molecular complexity index is 422. The summed E-state index contributed by atoms with van der Waals surface area (Å²) >= 11 is 1.65. The van der Waals surface area contributed by atoms with Gasteiger partial charge in [0.25, 0.3) is 0 Å². The lowest BCUT2D eigenvalue weighted by Gasteiger charge is -1.95. The molecule has 0 aliphatic heterocycles. The van der Waals surface area contributed by atoms with E-state index in [0.717, 1.165) is 16.3 Å². The van der Waals surface area contributed by atoms with Crippen LogP contribution in [0.1, 0.15) is 10.7 Å².